The predicted molar refractivity (Wildman–Crippen MR) is 79.6 cm³/mol. The SMILES string of the molecule is CN(Cc1ccccc1)C(=O)COc1ccc(C#N)cc1. The zero-order chi connectivity index (χ0) is 15.1. The largest absolute Gasteiger partial charge is 0.484 e. The number of ether oxygens (including phenoxy) is 1. The van der Waals surface area contributed by atoms with Gasteiger partial charge in [0.15, 0.2) is 6.61 Å². The molecule has 0 unspecified atom stereocenters. The Morgan fingerprint density at radius 2 is 1.81 bits per heavy atom. The Hall–Kier alpha value is -2.80. The van der Waals surface area contributed by atoms with Gasteiger partial charge in [-0.1, -0.05) is 30.3 Å². The molecular weight excluding hydrogens is 264 g/mol. The van der Waals surface area contributed by atoms with Crippen LogP contribution in [0.4, 0.5) is 0 Å². The molecule has 4 nitrogen and oxygen atoms in total. The second-order valence-electron chi connectivity index (χ2n) is 4.66. The lowest BCUT2D eigenvalue weighted by molar-refractivity contribution is -0.132. The summed E-state index contributed by atoms with van der Waals surface area (Å²) >= 11 is 0. The van der Waals surface area contributed by atoms with Crippen molar-refractivity contribution >= 4 is 5.91 Å². The van der Waals surface area contributed by atoms with Crippen molar-refractivity contribution in [3.8, 4) is 11.8 Å². The third-order valence-corrected chi connectivity index (χ3v) is 3.03. The number of nitrogens with zero attached hydrogens (tertiary/aromatic N) is 2. The molecule has 0 spiro atoms. The van der Waals surface area contributed by atoms with E-state index in [0.717, 1.165) is 5.56 Å². The molecule has 0 saturated heterocycles. The minimum Gasteiger partial charge on any atom is -0.484 e. The van der Waals surface area contributed by atoms with Gasteiger partial charge in [0.2, 0.25) is 0 Å². The quantitative estimate of drug-likeness (QED) is 0.846. The number of rotatable bonds is 5. The maximum absolute atomic E-state index is 12.0. The van der Waals surface area contributed by atoms with Crippen molar-refractivity contribution in [2.75, 3.05) is 13.7 Å². The molecule has 106 valence electrons. The first-order valence-corrected chi connectivity index (χ1v) is 6.60. The van der Waals surface area contributed by atoms with Crippen LogP contribution in [0, 0.1) is 11.3 Å². The molecule has 1 amide bonds. The van der Waals surface area contributed by atoms with Gasteiger partial charge in [0.1, 0.15) is 5.75 Å². The summed E-state index contributed by atoms with van der Waals surface area (Å²) < 4.78 is 5.43. The number of hydrogen-bond acceptors (Lipinski definition) is 3. The van der Waals surface area contributed by atoms with Crippen molar-refractivity contribution in [1.29, 1.82) is 5.26 Å². The fourth-order valence-corrected chi connectivity index (χ4v) is 1.83. The fourth-order valence-electron chi connectivity index (χ4n) is 1.83. The molecule has 21 heavy (non-hydrogen) atoms. The van der Waals surface area contributed by atoms with Crippen molar-refractivity contribution in [3.05, 3.63) is 65.7 Å². The third-order valence-electron chi connectivity index (χ3n) is 3.03. The van der Waals surface area contributed by atoms with E-state index in [1.54, 1.807) is 36.2 Å². The van der Waals surface area contributed by atoms with E-state index in [1.807, 2.05) is 36.4 Å². The summed E-state index contributed by atoms with van der Waals surface area (Å²) in [5, 5.41) is 8.71. The highest BCUT2D eigenvalue weighted by molar-refractivity contribution is 5.77. The molecule has 0 atom stereocenters. The van der Waals surface area contributed by atoms with E-state index in [4.69, 9.17) is 10.00 Å². The van der Waals surface area contributed by atoms with Gasteiger partial charge in [0, 0.05) is 13.6 Å². The lowest BCUT2D eigenvalue weighted by atomic mass is 10.2. The molecular formula is C17H16N2O2. The summed E-state index contributed by atoms with van der Waals surface area (Å²) in [6.07, 6.45) is 0. The van der Waals surface area contributed by atoms with Gasteiger partial charge in [-0.05, 0) is 29.8 Å². The molecule has 0 heterocycles. The maximum Gasteiger partial charge on any atom is 0.260 e. The van der Waals surface area contributed by atoms with Crippen LogP contribution in [0.25, 0.3) is 0 Å². The molecule has 0 N–H and O–H groups in total. The molecule has 0 fully saturated rings. The summed E-state index contributed by atoms with van der Waals surface area (Å²) in [4.78, 5) is 13.6. The summed E-state index contributed by atoms with van der Waals surface area (Å²) in [6, 6.07) is 18.5. The molecule has 0 aromatic heterocycles. The molecule has 0 saturated carbocycles. The van der Waals surface area contributed by atoms with Crippen LogP contribution in [-0.2, 0) is 11.3 Å². The first-order valence-electron chi connectivity index (χ1n) is 6.60. The Kier molecular flexibility index (Phi) is 4.94. The highest BCUT2D eigenvalue weighted by Crippen LogP contribution is 2.11. The van der Waals surface area contributed by atoms with Gasteiger partial charge < -0.3 is 9.64 Å². The normalized spacial score (nSPS) is 9.71. The van der Waals surface area contributed by atoms with Gasteiger partial charge in [0.25, 0.3) is 5.91 Å². The van der Waals surface area contributed by atoms with Crippen LogP contribution in [0.15, 0.2) is 54.6 Å². The zero-order valence-electron chi connectivity index (χ0n) is 11.8. The highest BCUT2D eigenvalue weighted by atomic mass is 16.5. The Morgan fingerprint density at radius 3 is 2.43 bits per heavy atom. The molecule has 2 aromatic rings. The van der Waals surface area contributed by atoms with Crippen LogP contribution in [-0.4, -0.2) is 24.5 Å². The van der Waals surface area contributed by atoms with E-state index in [2.05, 4.69) is 0 Å². The average Bonchev–Trinajstić information content (AvgIpc) is 2.54. The second kappa shape index (κ2) is 7.11. The van der Waals surface area contributed by atoms with Crippen LogP contribution < -0.4 is 4.74 Å². The third kappa shape index (κ3) is 4.36. The van der Waals surface area contributed by atoms with Crippen LogP contribution >= 0.6 is 0 Å². The zero-order valence-corrected chi connectivity index (χ0v) is 11.8. The minimum absolute atomic E-state index is 0.0186. The van der Waals surface area contributed by atoms with E-state index in [1.165, 1.54) is 0 Å². The Balaban J connectivity index is 1.84. The Bertz CT molecular complexity index is 630. The number of likely N-dealkylation sites (N-methyl/N-ethyl adjacent to an activating group) is 1. The number of hydrogen-bond donors (Lipinski definition) is 0. The molecule has 0 aliphatic heterocycles. The summed E-state index contributed by atoms with van der Waals surface area (Å²) in [6.45, 7) is 0.533. The lowest BCUT2D eigenvalue weighted by Crippen LogP contribution is -2.30. The molecule has 2 aromatic carbocycles. The summed E-state index contributed by atoms with van der Waals surface area (Å²) in [5.74, 6) is 0.485. The van der Waals surface area contributed by atoms with Gasteiger partial charge >= 0.3 is 0 Å². The van der Waals surface area contributed by atoms with E-state index < -0.39 is 0 Å². The molecule has 2 rings (SSSR count). The van der Waals surface area contributed by atoms with Gasteiger partial charge in [-0.3, -0.25) is 4.79 Å². The number of amides is 1. The molecule has 0 aliphatic rings. The number of nitriles is 1. The van der Waals surface area contributed by atoms with E-state index in [-0.39, 0.29) is 12.5 Å². The van der Waals surface area contributed by atoms with E-state index in [9.17, 15) is 4.79 Å². The number of carbonyl (C=O) groups is 1. The number of carbonyl (C=O) groups excluding carboxylic acids is 1. The minimum atomic E-state index is -0.0942. The topological polar surface area (TPSA) is 53.3 Å². The average molecular weight is 280 g/mol. The molecule has 0 aliphatic carbocycles. The molecule has 0 bridgehead atoms. The van der Waals surface area contributed by atoms with Gasteiger partial charge in [-0.15, -0.1) is 0 Å². The van der Waals surface area contributed by atoms with Crippen LogP contribution in [0.3, 0.4) is 0 Å². The Morgan fingerprint density at radius 1 is 1.14 bits per heavy atom. The van der Waals surface area contributed by atoms with Crippen LogP contribution in [0.5, 0.6) is 5.75 Å². The standard InChI is InChI=1S/C17H16N2O2/c1-19(12-15-5-3-2-4-6-15)17(20)13-21-16-9-7-14(11-18)8-10-16/h2-10H,12-13H2,1H3. The molecule has 0 radical (unpaired) electrons. The van der Waals surface area contributed by atoms with Crippen LogP contribution in [0.1, 0.15) is 11.1 Å². The first kappa shape index (κ1) is 14.6. The maximum atomic E-state index is 12.0. The smallest absolute Gasteiger partial charge is 0.260 e. The lowest BCUT2D eigenvalue weighted by Gasteiger charge is -2.17. The summed E-state index contributed by atoms with van der Waals surface area (Å²) in [5.41, 5.74) is 1.64. The van der Waals surface area contributed by atoms with Gasteiger partial charge in [-0.2, -0.15) is 5.26 Å². The molecule has 4 heteroatoms. The van der Waals surface area contributed by atoms with Crippen molar-refractivity contribution in [2.45, 2.75) is 6.54 Å². The second-order valence-corrected chi connectivity index (χ2v) is 4.66. The number of benzene rings is 2. The van der Waals surface area contributed by atoms with Gasteiger partial charge in [0.05, 0.1) is 11.6 Å². The van der Waals surface area contributed by atoms with Crippen LogP contribution in [0.2, 0.25) is 0 Å². The highest BCUT2D eigenvalue weighted by Gasteiger charge is 2.10. The van der Waals surface area contributed by atoms with Crippen molar-refractivity contribution in [1.82, 2.24) is 4.90 Å². The van der Waals surface area contributed by atoms with Crippen molar-refractivity contribution < 1.29 is 9.53 Å². The fraction of sp³-hybridized carbons (Fsp3) is 0.176. The first-order chi connectivity index (χ1) is 10.2. The van der Waals surface area contributed by atoms with Crippen molar-refractivity contribution in [2.24, 2.45) is 0 Å². The summed E-state index contributed by atoms with van der Waals surface area (Å²) in [7, 11) is 1.75. The van der Waals surface area contributed by atoms with Gasteiger partial charge in [-0.25, -0.2) is 0 Å². The van der Waals surface area contributed by atoms with E-state index in [0.29, 0.717) is 17.9 Å². The van der Waals surface area contributed by atoms with Crippen molar-refractivity contribution in [3.63, 3.8) is 0 Å². The monoisotopic (exact) mass is 280 g/mol. The van der Waals surface area contributed by atoms with E-state index >= 15 is 0 Å². The predicted octanol–water partition coefficient (Wildman–Crippen LogP) is 2.60. The Labute approximate surface area is 124 Å².